The van der Waals surface area contributed by atoms with Gasteiger partial charge < -0.3 is 15.4 Å². The summed E-state index contributed by atoms with van der Waals surface area (Å²) in [5, 5.41) is 6.34. The van der Waals surface area contributed by atoms with E-state index in [1.165, 1.54) is 11.3 Å². The molecule has 1 atom stereocenters. The fourth-order valence-corrected chi connectivity index (χ4v) is 7.15. The molecule has 1 aliphatic heterocycles. The van der Waals surface area contributed by atoms with Gasteiger partial charge in [0.2, 0.25) is 0 Å². The van der Waals surface area contributed by atoms with Crippen molar-refractivity contribution in [3.05, 3.63) is 45.8 Å². The number of carbonyl (C=O) groups excluding carboxylic acids is 2. The number of hydrogen-bond donors (Lipinski definition) is 2. The van der Waals surface area contributed by atoms with Gasteiger partial charge in [0, 0.05) is 16.5 Å². The molecule has 1 fully saturated rings. The second kappa shape index (κ2) is 9.23. The molecule has 4 rings (SSSR count). The molecule has 0 spiro atoms. The summed E-state index contributed by atoms with van der Waals surface area (Å²) in [5.41, 5.74) is 1.94. The first-order valence-corrected chi connectivity index (χ1v) is 13.6. The summed E-state index contributed by atoms with van der Waals surface area (Å²) in [6.45, 7) is 3.87. The largest absolute Gasteiger partial charge is 0.491 e. The van der Waals surface area contributed by atoms with Crippen LogP contribution in [-0.2, 0) is 22.7 Å². The van der Waals surface area contributed by atoms with E-state index in [4.69, 9.17) is 4.74 Å². The zero-order chi connectivity index (χ0) is 22.9. The molecular formula is C23H28N2O5S2. The molecule has 0 saturated carbocycles. The van der Waals surface area contributed by atoms with Gasteiger partial charge in [0.05, 0.1) is 23.2 Å². The maximum absolute atomic E-state index is 13.2. The number of amides is 2. The van der Waals surface area contributed by atoms with Crippen LogP contribution >= 0.6 is 11.3 Å². The number of ether oxygens (including phenoxy) is 1. The molecule has 9 heteroatoms. The standard InChI is InChI=1S/C23H28N2O5S2/c1-14(2)30-17-9-7-15(8-10-17)21(26)25-23-20(18-5-3-4-6-19(18)31-23)22(27)24-16-11-12-32(28,29)13-16/h7-10,14,16H,3-6,11-13H2,1-2H3,(H,24,27)(H,25,26). The summed E-state index contributed by atoms with van der Waals surface area (Å²) < 4.78 is 29.2. The van der Waals surface area contributed by atoms with Gasteiger partial charge in [-0.25, -0.2) is 8.42 Å². The highest BCUT2D eigenvalue weighted by Crippen LogP contribution is 2.38. The first-order chi connectivity index (χ1) is 15.2. The third kappa shape index (κ3) is 5.15. The number of anilines is 1. The number of aryl methyl sites for hydroxylation is 1. The molecule has 1 unspecified atom stereocenters. The fourth-order valence-electron chi connectivity index (χ4n) is 4.19. The minimum atomic E-state index is -3.10. The smallest absolute Gasteiger partial charge is 0.256 e. The topological polar surface area (TPSA) is 102 Å². The van der Waals surface area contributed by atoms with Crippen LogP contribution in [0.2, 0.25) is 0 Å². The zero-order valence-corrected chi connectivity index (χ0v) is 19.9. The molecule has 2 aromatic rings. The minimum Gasteiger partial charge on any atom is -0.491 e. The van der Waals surface area contributed by atoms with Crippen LogP contribution in [0.5, 0.6) is 5.75 Å². The lowest BCUT2D eigenvalue weighted by molar-refractivity contribution is 0.0941. The maximum Gasteiger partial charge on any atom is 0.256 e. The van der Waals surface area contributed by atoms with Crippen molar-refractivity contribution < 1.29 is 22.7 Å². The van der Waals surface area contributed by atoms with Gasteiger partial charge in [-0.15, -0.1) is 11.3 Å². The van der Waals surface area contributed by atoms with Crippen molar-refractivity contribution in [1.29, 1.82) is 0 Å². The molecule has 1 aromatic carbocycles. The van der Waals surface area contributed by atoms with Crippen molar-refractivity contribution in [3.63, 3.8) is 0 Å². The van der Waals surface area contributed by atoms with E-state index < -0.39 is 9.84 Å². The van der Waals surface area contributed by atoms with Gasteiger partial charge in [0.25, 0.3) is 11.8 Å². The van der Waals surface area contributed by atoms with Crippen LogP contribution < -0.4 is 15.4 Å². The summed E-state index contributed by atoms with van der Waals surface area (Å²) in [6.07, 6.45) is 4.19. The predicted molar refractivity (Wildman–Crippen MR) is 126 cm³/mol. The highest BCUT2D eigenvalue weighted by Gasteiger charge is 2.32. The molecule has 1 saturated heterocycles. The Morgan fingerprint density at radius 3 is 2.47 bits per heavy atom. The van der Waals surface area contributed by atoms with Crippen LogP contribution in [0.1, 0.15) is 64.3 Å². The summed E-state index contributed by atoms with van der Waals surface area (Å²) in [4.78, 5) is 27.2. The second-order valence-electron chi connectivity index (χ2n) is 8.63. The van der Waals surface area contributed by atoms with Crippen LogP contribution in [0, 0.1) is 0 Å². The van der Waals surface area contributed by atoms with E-state index in [1.807, 2.05) is 13.8 Å². The van der Waals surface area contributed by atoms with Crippen LogP contribution in [0.4, 0.5) is 5.00 Å². The van der Waals surface area contributed by atoms with Crippen LogP contribution in [0.25, 0.3) is 0 Å². The molecule has 2 amide bonds. The van der Waals surface area contributed by atoms with E-state index in [9.17, 15) is 18.0 Å². The lowest BCUT2D eigenvalue weighted by atomic mass is 9.95. The van der Waals surface area contributed by atoms with E-state index >= 15 is 0 Å². The van der Waals surface area contributed by atoms with Gasteiger partial charge in [0.15, 0.2) is 9.84 Å². The lowest BCUT2D eigenvalue weighted by Crippen LogP contribution is -2.36. The molecule has 7 nitrogen and oxygen atoms in total. The summed E-state index contributed by atoms with van der Waals surface area (Å²) >= 11 is 1.45. The molecule has 2 aliphatic rings. The number of sulfone groups is 1. The van der Waals surface area contributed by atoms with Crippen molar-refractivity contribution in [2.75, 3.05) is 16.8 Å². The number of fused-ring (bicyclic) bond motifs is 1. The third-order valence-electron chi connectivity index (χ3n) is 5.68. The SMILES string of the molecule is CC(C)Oc1ccc(C(=O)Nc2sc3c(c2C(=O)NC2CCS(=O)(=O)C2)CCCC3)cc1. The van der Waals surface area contributed by atoms with E-state index in [0.717, 1.165) is 36.1 Å². The van der Waals surface area contributed by atoms with Gasteiger partial charge in [-0.2, -0.15) is 0 Å². The van der Waals surface area contributed by atoms with Crippen LogP contribution in [0.3, 0.4) is 0 Å². The van der Waals surface area contributed by atoms with Gasteiger partial charge in [0.1, 0.15) is 10.8 Å². The summed E-state index contributed by atoms with van der Waals surface area (Å²) in [7, 11) is -3.10. The molecular weight excluding hydrogens is 448 g/mol. The van der Waals surface area contributed by atoms with E-state index in [0.29, 0.717) is 28.3 Å². The average molecular weight is 477 g/mol. The Hall–Kier alpha value is -2.39. The molecule has 2 N–H and O–H groups in total. The number of benzene rings is 1. The molecule has 2 heterocycles. The predicted octanol–water partition coefficient (Wildman–Crippen LogP) is 3.58. The van der Waals surface area contributed by atoms with Crippen molar-refractivity contribution >= 4 is 38.0 Å². The highest BCUT2D eigenvalue weighted by molar-refractivity contribution is 7.91. The Bertz CT molecular complexity index is 1120. The quantitative estimate of drug-likeness (QED) is 0.664. The first kappa shape index (κ1) is 22.8. The Morgan fingerprint density at radius 1 is 1.09 bits per heavy atom. The lowest BCUT2D eigenvalue weighted by Gasteiger charge is -2.15. The monoisotopic (exact) mass is 476 g/mol. The molecule has 1 aliphatic carbocycles. The number of thiophene rings is 1. The van der Waals surface area contributed by atoms with E-state index in [-0.39, 0.29) is 35.5 Å². The summed E-state index contributed by atoms with van der Waals surface area (Å²) in [5.74, 6) is 0.159. The molecule has 0 radical (unpaired) electrons. The average Bonchev–Trinajstić information content (AvgIpc) is 3.26. The van der Waals surface area contributed by atoms with E-state index in [1.54, 1.807) is 24.3 Å². The van der Waals surface area contributed by atoms with E-state index in [2.05, 4.69) is 10.6 Å². The van der Waals surface area contributed by atoms with Crippen molar-refractivity contribution in [1.82, 2.24) is 5.32 Å². The van der Waals surface area contributed by atoms with Crippen LogP contribution in [0.15, 0.2) is 24.3 Å². The number of rotatable bonds is 6. The number of carbonyl (C=O) groups is 2. The van der Waals surface area contributed by atoms with Gasteiger partial charge in [-0.1, -0.05) is 0 Å². The zero-order valence-electron chi connectivity index (χ0n) is 18.3. The Labute approximate surface area is 192 Å². The van der Waals surface area contributed by atoms with Crippen molar-refractivity contribution in [3.8, 4) is 5.75 Å². The normalized spacial score (nSPS) is 19.4. The molecule has 0 bridgehead atoms. The molecule has 32 heavy (non-hydrogen) atoms. The Morgan fingerprint density at radius 2 is 1.81 bits per heavy atom. The van der Waals surface area contributed by atoms with Gasteiger partial charge in [-0.05, 0) is 75.8 Å². The Balaban J connectivity index is 1.55. The van der Waals surface area contributed by atoms with Gasteiger partial charge >= 0.3 is 0 Å². The number of nitrogens with one attached hydrogen (secondary N) is 2. The molecule has 1 aromatic heterocycles. The highest BCUT2D eigenvalue weighted by atomic mass is 32.2. The van der Waals surface area contributed by atoms with Gasteiger partial charge in [-0.3, -0.25) is 9.59 Å². The van der Waals surface area contributed by atoms with Crippen molar-refractivity contribution in [2.45, 2.75) is 58.1 Å². The summed E-state index contributed by atoms with van der Waals surface area (Å²) in [6, 6.07) is 6.52. The minimum absolute atomic E-state index is 0.0302. The fraction of sp³-hybridized carbons (Fsp3) is 0.478. The third-order valence-corrected chi connectivity index (χ3v) is 8.66. The number of hydrogen-bond acceptors (Lipinski definition) is 6. The Kier molecular flexibility index (Phi) is 6.57. The second-order valence-corrected chi connectivity index (χ2v) is 12.0. The van der Waals surface area contributed by atoms with Crippen molar-refractivity contribution in [2.24, 2.45) is 0 Å². The maximum atomic E-state index is 13.2. The molecule has 172 valence electrons. The van der Waals surface area contributed by atoms with Crippen LogP contribution in [-0.4, -0.2) is 43.9 Å². The first-order valence-electron chi connectivity index (χ1n) is 11.0.